The van der Waals surface area contributed by atoms with E-state index in [0.29, 0.717) is 12.0 Å². The van der Waals surface area contributed by atoms with Crippen molar-refractivity contribution in [2.24, 2.45) is 0 Å². The summed E-state index contributed by atoms with van der Waals surface area (Å²) in [4.78, 5) is 26.8. The number of carbonyl (C=O) groups excluding carboxylic acids is 1. The fourth-order valence-corrected chi connectivity index (χ4v) is 2.67. The van der Waals surface area contributed by atoms with E-state index >= 15 is 0 Å². The van der Waals surface area contributed by atoms with E-state index in [1.54, 1.807) is 0 Å². The number of nitro benzene ring substituents is 1. The first-order valence-electron chi connectivity index (χ1n) is 8.25. The van der Waals surface area contributed by atoms with Crippen LogP contribution in [-0.4, -0.2) is 24.5 Å². The average Bonchev–Trinajstić information content (AvgIpc) is 2.66. The van der Waals surface area contributed by atoms with Gasteiger partial charge in [0.15, 0.2) is 0 Å². The number of hydrogen-bond acceptors (Lipinski definition) is 6. The first-order valence-corrected chi connectivity index (χ1v) is 8.63. The van der Waals surface area contributed by atoms with Crippen molar-refractivity contribution >= 4 is 23.3 Å². The van der Waals surface area contributed by atoms with Gasteiger partial charge in [0.05, 0.1) is 17.6 Å². The van der Waals surface area contributed by atoms with E-state index in [1.165, 1.54) is 25.3 Å². The highest BCUT2D eigenvalue weighted by Crippen LogP contribution is 2.38. The summed E-state index contributed by atoms with van der Waals surface area (Å²) in [7, 11) is 1.26. The quantitative estimate of drug-likeness (QED) is 0.279. The van der Waals surface area contributed by atoms with Crippen LogP contribution >= 0.6 is 11.6 Å². The molecule has 0 aliphatic heterocycles. The molecule has 2 aromatic rings. The van der Waals surface area contributed by atoms with Crippen LogP contribution in [0.2, 0.25) is 5.02 Å². The standard InChI is InChI=1S/C18H16ClF3N2O5/c1-28-17(25)3-2-8-23-29-16-9-11(4-7-15(16)24(26)27)13-6-5-12(10-14(13)19)18(20,21)22/h4-7,9-10,23H,2-3,8H2,1H3. The summed E-state index contributed by atoms with van der Waals surface area (Å²) in [5.74, 6) is -0.557. The summed E-state index contributed by atoms with van der Waals surface area (Å²) < 4.78 is 42.9. The van der Waals surface area contributed by atoms with Gasteiger partial charge in [-0.1, -0.05) is 17.7 Å². The smallest absolute Gasteiger partial charge is 0.416 e. The third kappa shape index (κ3) is 6.06. The Labute approximate surface area is 168 Å². The van der Waals surface area contributed by atoms with E-state index < -0.39 is 22.6 Å². The maximum atomic E-state index is 12.8. The third-order valence-electron chi connectivity index (χ3n) is 3.83. The molecule has 7 nitrogen and oxygen atoms in total. The number of ether oxygens (including phenoxy) is 1. The Hall–Kier alpha value is -2.85. The van der Waals surface area contributed by atoms with Crippen molar-refractivity contribution in [1.29, 1.82) is 0 Å². The number of methoxy groups -OCH3 is 1. The highest BCUT2D eigenvalue weighted by Gasteiger charge is 2.31. The molecule has 1 N–H and O–H groups in total. The van der Waals surface area contributed by atoms with E-state index in [0.717, 1.165) is 18.2 Å². The van der Waals surface area contributed by atoms with Crippen LogP contribution in [-0.2, 0) is 15.7 Å². The van der Waals surface area contributed by atoms with Crippen molar-refractivity contribution in [1.82, 2.24) is 5.48 Å². The van der Waals surface area contributed by atoms with Crippen LogP contribution in [0.3, 0.4) is 0 Å². The Morgan fingerprint density at radius 1 is 1.24 bits per heavy atom. The molecule has 11 heteroatoms. The second kappa shape index (κ2) is 9.57. The predicted molar refractivity (Wildman–Crippen MR) is 98.4 cm³/mol. The highest BCUT2D eigenvalue weighted by atomic mass is 35.5. The van der Waals surface area contributed by atoms with Gasteiger partial charge >= 0.3 is 17.8 Å². The summed E-state index contributed by atoms with van der Waals surface area (Å²) in [6, 6.07) is 6.64. The maximum absolute atomic E-state index is 12.8. The van der Waals surface area contributed by atoms with Gasteiger partial charge in [-0.2, -0.15) is 18.7 Å². The number of alkyl halides is 3. The first kappa shape index (κ1) is 22.4. The van der Waals surface area contributed by atoms with Gasteiger partial charge in [0.25, 0.3) is 0 Å². The zero-order chi connectivity index (χ0) is 21.6. The molecular weight excluding hydrogens is 417 g/mol. The highest BCUT2D eigenvalue weighted by molar-refractivity contribution is 6.33. The monoisotopic (exact) mass is 432 g/mol. The predicted octanol–water partition coefficient (Wildman–Crippen LogP) is 4.77. The summed E-state index contributed by atoms with van der Waals surface area (Å²) in [5, 5.41) is 11.0. The normalized spacial score (nSPS) is 11.2. The number of esters is 1. The van der Waals surface area contributed by atoms with E-state index in [1.807, 2.05) is 0 Å². The number of nitrogens with one attached hydrogen (secondary N) is 1. The van der Waals surface area contributed by atoms with Crippen molar-refractivity contribution in [3.05, 3.63) is 57.1 Å². The van der Waals surface area contributed by atoms with Crippen LogP contribution < -0.4 is 10.3 Å². The average molecular weight is 433 g/mol. The van der Waals surface area contributed by atoms with Crippen LogP contribution in [0.15, 0.2) is 36.4 Å². The summed E-state index contributed by atoms with van der Waals surface area (Å²) in [6.07, 6.45) is -4.04. The van der Waals surface area contributed by atoms with Gasteiger partial charge in [-0.25, -0.2) is 0 Å². The SMILES string of the molecule is COC(=O)CCCNOc1cc(-c2ccc(C(F)(F)F)cc2Cl)ccc1[N+](=O)[O-]. The van der Waals surface area contributed by atoms with Crippen molar-refractivity contribution in [2.45, 2.75) is 19.0 Å². The molecule has 0 saturated carbocycles. The number of rotatable bonds is 8. The molecule has 156 valence electrons. The number of hydroxylamine groups is 1. The fourth-order valence-electron chi connectivity index (χ4n) is 2.38. The minimum Gasteiger partial charge on any atom is -0.469 e. The molecule has 0 fully saturated rings. The zero-order valence-electron chi connectivity index (χ0n) is 15.1. The molecule has 0 saturated heterocycles. The summed E-state index contributed by atoms with van der Waals surface area (Å²) in [6.45, 7) is 0.206. The summed E-state index contributed by atoms with van der Waals surface area (Å²) >= 11 is 5.98. The van der Waals surface area contributed by atoms with Crippen molar-refractivity contribution in [3.63, 3.8) is 0 Å². The van der Waals surface area contributed by atoms with Gasteiger partial charge in [-0.15, -0.1) is 0 Å². The largest absolute Gasteiger partial charge is 0.469 e. The van der Waals surface area contributed by atoms with Gasteiger partial charge < -0.3 is 9.57 Å². The maximum Gasteiger partial charge on any atom is 0.416 e. The number of nitrogens with zero attached hydrogens (tertiary/aromatic N) is 1. The lowest BCUT2D eigenvalue weighted by Gasteiger charge is -2.12. The molecule has 0 unspecified atom stereocenters. The molecule has 29 heavy (non-hydrogen) atoms. The minimum atomic E-state index is -4.54. The Bertz CT molecular complexity index is 906. The minimum absolute atomic E-state index is 0.135. The first-order chi connectivity index (χ1) is 13.6. The lowest BCUT2D eigenvalue weighted by molar-refractivity contribution is -0.386. The van der Waals surface area contributed by atoms with Crippen molar-refractivity contribution in [2.75, 3.05) is 13.7 Å². The van der Waals surface area contributed by atoms with Crippen LogP contribution in [0.25, 0.3) is 11.1 Å². The number of carbonyl (C=O) groups is 1. The van der Waals surface area contributed by atoms with Gasteiger partial charge in [0.2, 0.25) is 5.75 Å². The van der Waals surface area contributed by atoms with Crippen LogP contribution in [0.4, 0.5) is 18.9 Å². The second-order valence-electron chi connectivity index (χ2n) is 5.81. The van der Waals surface area contributed by atoms with E-state index in [2.05, 4.69) is 10.2 Å². The number of hydrogen-bond donors (Lipinski definition) is 1. The van der Waals surface area contributed by atoms with Crippen LogP contribution in [0.5, 0.6) is 5.75 Å². The molecule has 0 aliphatic carbocycles. The molecule has 0 aliphatic rings. The van der Waals surface area contributed by atoms with Gasteiger partial charge in [-0.05, 0) is 36.2 Å². The Morgan fingerprint density at radius 2 is 1.97 bits per heavy atom. The molecule has 2 aromatic carbocycles. The molecule has 0 aromatic heterocycles. The lowest BCUT2D eigenvalue weighted by atomic mass is 10.0. The van der Waals surface area contributed by atoms with Crippen LogP contribution in [0.1, 0.15) is 18.4 Å². The Morgan fingerprint density at radius 3 is 2.55 bits per heavy atom. The van der Waals surface area contributed by atoms with Crippen LogP contribution in [0, 0.1) is 10.1 Å². The van der Waals surface area contributed by atoms with E-state index in [-0.39, 0.29) is 35.0 Å². The topological polar surface area (TPSA) is 90.7 Å². The fraction of sp³-hybridized carbons (Fsp3) is 0.278. The Balaban J connectivity index is 2.21. The van der Waals surface area contributed by atoms with Crippen molar-refractivity contribution < 1.29 is 32.5 Å². The number of halogens is 4. The van der Waals surface area contributed by atoms with E-state index in [9.17, 15) is 28.1 Å². The molecule has 0 atom stereocenters. The molecule has 0 bridgehead atoms. The summed E-state index contributed by atoms with van der Waals surface area (Å²) in [5.41, 5.74) is 1.84. The number of nitro groups is 1. The lowest BCUT2D eigenvalue weighted by Crippen LogP contribution is -2.21. The van der Waals surface area contributed by atoms with Gasteiger partial charge in [0, 0.05) is 29.6 Å². The van der Waals surface area contributed by atoms with Gasteiger partial charge in [-0.3, -0.25) is 14.9 Å². The Kier molecular flexibility index (Phi) is 7.40. The van der Waals surface area contributed by atoms with Crippen molar-refractivity contribution in [3.8, 4) is 16.9 Å². The molecule has 0 radical (unpaired) electrons. The molecule has 0 amide bonds. The van der Waals surface area contributed by atoms with E-state index in [4.69, 9.17) is 16.4 Å². The number of benzene rings is 2. The second-order valence-corrected chi connectivity index (χ2v) is 6.22. The molecule has 0 spiro atoms. The molecular formula is C18H16ClF3N2O5. The third-order valence-corrected chi connectivity index (χ3v) is 4.15. The zero-order valence-corrected chi connectivity index (χ0v) is 15.8. The molecule has 0 heterocycles. The van der Waals surface area contributed by atoms with Gasteiger partial charge in [0.1, 0.15) is 0 Å². The molecule has 2 rings (SSSR count).